The van der Waals surface area contributed by atoms with Crippen LogP contribution in [0.1, 0.15) is 26.7 Å². The summed E-state index contributed by atoms with van der Waals surface area (Å²) in [6, 6.07) is 0.291. The highest BCUT2D eigenvalue weighted by Crippen LogP contribution is 2.24. The third-order valence-corrected chi connectivity index (χ3v) is 3.84. The van der Waals surface area contributed by atoms with Gasteiger partial charge in [0, 0.05) is 25.7 Å². The number of carboxylic acid groups (broad SMARTS) is 1. The number of carboxylic acids is 1. The first-order chi connectivity index (χ1) is 8.97. The predicted molar refractivity (Wildman–Crippen MR) is 68.9 cm³/mol. The molecule has 0 saturated carbocycles. The van der Waals surface area contributed by atoms with Crippen molar-refractivity contribution in [3.63, 3.8) is 0 Å². The minimum Gasteiger partial charge on any atom is -0.481 e. The number of nitrogens with zero attached hydrogens (tertiary/aromatic N) is 2. The molecule has 2 rings (SSSR count). The van der Waals surface area contributed by atoms with Crippen LogP contribution < -0.4 is 0 Å². The molecule has 1 N–H and O–H groups in total. The molecule has 0 bridgehead atoms. The zero-order valence-electron chi connectivity index (χ0n) is 11.5. The SMILES string of the molecule is CC1CC(C)N(C(=O)N2CCOC(CC(=O)O)C2)C1. The average molecular weight is 270 g/mol. The first-order valence-electron chi connectivity index (χ1n) is 6.86. The second kappa shape index (κ2) is 5.77. The van der Waals surface area contributed by atoms with Crippen molar-refractivity contribution in [2.45, 2.75) is 38.8 Å². The van der Waals surface area contributed by atoms with E-state index in [-0.39, 0.29) is 24.6 Å². The summed E-state index contributed by atoms with van der Waals surface area (Å²) in [4.78, 5) is 26.8. The fraction of sp³-hybridized carbons (Fsp3) is 0.846. The minimum atomic E-state index is -0.887. The summed E-state index contributed by atoms with van der Waals surface area (Å²) in [5, 5.41) is 8.79. The maximum Gasteiger partial charge on any atom is 0.320 e. The Labute approximate surface area is 113 Å². The molecule has 0 aromatic carbocycles. The van der Waals surface area contributed by atoms with Gasteiger partial charge in [-0.1, -0.05) is 6.92 Å². The lowest BCUT2D eigenvalue weighted by atomic mass is 10.1. The first kappa shape index (κ1) is 14.1. The fourth-order valence-electron chi connectivity index (χ4n) is 2.96. The molecule has 2 heterocycles. The molecule has 2 amide bonds. The standard InChI is InChI=1S/C13H22N2O4/c1-9-5-10(2)15(7-9)13(18)14-3-4-19-11(8-14)6-12(16)17/h9-11H,3-8H2,1-2H3,(H,16,17). The summed E-state index contributed by atoms with van der Waals surface area (Å²) >= 11 is 0. The first-order valence-corrected chi connectivity index (χ1v) is 6.86. The molecule has 2 aliphatic heterocycles. The zero-order valence-corrected chi connectivity index (χ0v) is 11.5. The van der Waals surface area contributed by atoms with Crippen LogP contribution in [0.3, 0.4) is 0 Å². The Balaban J connectivity index is 1.93. The van der Waals surface area contributed by atoms with Gasteiger partial charge in [0.15, 0.2) is 0 Å². The molecule has 0 spiro atoms. The summed E-state index contributed by atoms with van der Waals surface area (Å²) < 4.78 is 5.39. The molecule has 0 radical (unpaired) electrons. The number of ether oxygens (including phenoxy) is 1. The van der Waals surface area contributed by atoms with Crippen LogP contribution in [0.4, 0.5) is 4.79 Å². The highest BCUT2D eigenvalue weighted by molar-refractivity contribution is 5.75. The van der Waals surface area contributed by atoms with Gasteiger partial charge in [0.25, 0.3) is 0 Å². The van der Waals surface area contributed by atoms with Crippen LogP contribution in [0.15, 0.2) is 0 Å². The number of likely N-dealkylation sites (tertiary alicyclic amines) is 1. The molecule has 0 aromatic rings. The van der Waals surface area contributed by atoms with Crippen molar-refractivity contribution in [3.8, 4) is 0 Å². The van der Waals surface area contributed by atoms with Crippen molar-refractivity contribution in [2.24, 2.45) is 5.92 Å². The van der Waals surface area contributed by atoms with Crippen LogP contribution in [-0.2, 0) is 9.53 Å². The predicted octanol–water partition coefficient (Wildman–Crippen LogP) is 1.01. The maximum atomic E-state index is 12.4. The van der Waals surface area contributed by atoms with Gasteiger partial charge in [0.2, 0.25) is 0 Å². The van der Waals surface area contributed by atoms with Gasteiger partial charge in [0.1, 0.15) is 0 Å². The fourth-order valence-corrected chi connectivity index (χ4v) is 2.96. The highest BCUT2D eigenvalue weighted by atomic mass is 16.5. The molecule has 2 saturated heterocycles. The Morgan fingerprint density at radius 1 is 1.32 bits per heavy atom. The molecule has 0 aromatic heterocycles. The van der Waals surface area contributed by atoms with Crippen LogP contribution in [0.25, 0.3) is 0 Å². The smallest absolute Gasteiger partial charge is 0.320 e. The van der Waals surface area contributed by atoms with E-state index in [1.165, 1.54) is 0 Å². The second-order valence-corrected chi connectivity index (χ2v) is 5.66. The molecule has 2 fully saturated rings. The van der Waals surface area contributed by atoms with Gasteiger partial charge in [-0.2, -0.15) is 0 Å². The molecule has 6 heteroatoms. The molecule has 6 nitrogen and oxygen atoms in total. The number of hydrogen-bond donors (Lipinski definition) is 1. The topological polar surface area (TPSA) is 70.1 Å². The van der Waals surface area contributed by atoms with Crippen molar-refractivity contribution in [1.82, 2.24) is 9.80 Å². The Bertz CT molecular complexity index is 361. The monoisotopic (exact) mass is 270 g/mol. The molecule has 108 valence electrons. The van der Waals surface area contributed by atoms with Crippen LogP contribution in [-0.4, -0.2) is 65.3 Å². The Hall–Kier alpha value is -1.30. The molecular weight excluding hydrogens is 248 g/mol. The van der Waals surface area contributed by atoms with Crippen molar-refractivity contribution in [2.75, 3.05) is 26.2 Å². The number of urea groups is 1. The van der Waals surface area contributed by atoms with Crippen molar-refractivity contribution >= 4 is 12.0 Å². The van der Waals surface area contributed by atoms with Gasteiger partial charge in [0.05, 0.1) is 19.1 Å². The van der Waals surface area contributed by atoms with Gasteiger partial charge in [-0.3, -0.25) is 4.79 Å². The van der Waals surface area contributed by atoms with E-state index in [4.69, 9.17) is 9.84 Å². The lowest BCUT2D eigenvalue weighted by molar-refractivity contribution is -0.141. The van der Waals surface area contributed by atoms with Crippen molar-refractivity contribution in [3.05, 3.63) is 0 Å². The van der Waals surface area contributed by atoms with E-state index in [1.807, 2.05) is 4.90 Å². The minimum absolute atomic E-state index is 0.0236. The number of carbonyl (C=O) groups is 2. The van der Waals surface area contributed by atoms with E-state index >= 15 is 0 Å². The zero-order chi connectivity index (χ0) is 14.0. The van der Waals surface area contributed by atoms with Gasteiger partial charge in [-0.15, -0.1) is 0 Å². The number of carbonyl (C=O) groups excluding carboxylic acids is 1. The average Bonchev–Trinajstić information content (AvgIpc) is 2.67. The normalized spacial score (nSPS) is 31.6. The van der Waals surface area contributed by atoms with E-state index < -0.39 is 5.97 Å². The third kappa shape index (κ3) is 3.37. The Kier molecular flexibility index (Phi) is 4.29. The Morgan fingerprint density at radius 2 is 2.05 bits per heavy atom. The summed E-state index contributed by atoms with van der Waals surface area (Å²) in [6.07, 6.45) is 0.607. The van der Waals surface area contributed by atoms with Gasteiger partial charge >= 0.3 is 12.0 Å². The summed E-state index contributed by atoms with van der Waals surface area (Å²) in [7, 11) is 0. The number of rotatable bonds is 2. The molecule has 19 heavy (non-hydrogen) atoms. The third-order valence-electron chi connectivity index (χ3n) is 3.84. The number of amides is 2. The van der Waals surface area contributed by atoms with Crippen molar-refractivity contribution in [1.29, 1.82) is 0 Å². The second-order valence-electron chi connectivity index (χ2n) is 5.66. The highest BCUT2D eigenvalue weighted by Gasteiger charge is 2.35. The summed E-state index contributed by atoms with van der Waals surface area (Å²) in [5.74, 6) is -0.350. The van der Waals surface area contributed by atoms with Gasteiger partial charge in [-0.25, -0.2) is 4.79 Å². The lowest BCUT2D eigenvalue weighted by Gasteiger charge is -2.36. The molecule has 0 aliphatic carbocycles. The van der Waals surface area contributed by atoms with Crippen LogP contribution >= 0.6 is 0 Å². The lowest BCUT2D eigenvalue weighted by Crippen LogP contribution is -2.52. The molecule has 3 atom stereocenters. The van der Waals surface area contributed by atoms with E-state index in [9.17, 15) is 9.59 Å². The number of morpholine rings is 1. The van der Waals surface area contributed by atoms with Gasteiger partial charge in [-0.05, 0) is 19.3 Å². The molecule has 2 aliphatic rings. The van der Waals surface area contributed by atoms with E-state index in [1.54, 1.807) is 4.90 Å². The number of aliphatic carboxylic acids is 1. The van der Waals surface area contributed by atoms with Crippen LogP contribution in [0, 0.1) is 5.92 Å². The number of hydrogen-bond acceptors (Lipinski definition) is 3. The van der Waals surface area contributed by atoms with Gasteiger partial charge < -0.3 is 19.6 Å². The maximum absolute atomic E-state index is 12.4. The largest absolute Gasteiger partial charge is 0.481 e. The summed E-state index contributed by atoms with van der Waals surface area (Å²) in [6.45, 7) is 6.35. The van der Waals surface area contributed by atoms with E-state index in [2.05, 4.69) is 13.8 Å². The van der Waals surface area contributed by atoms with E-state index in [0.717, 1.165) is 13.0 Å². The van der Waals surface area contributed by atoms with Crippen molar-refractivity contribution < 1.29 is 19.4 Å². The Morgan fingerprint density at radius 3 is 2.63 bits per heavy atom. The quantitative estimate of drug-likeness (QED) is 0.813. The van der Waals surface area contributed by atoms with Crippen LogP contribution in [0.5, 0.6) is 0 Å². The van der Waals surface area contributed by atoms with Crippen LogP contribution in [0.2, 0.25) is 0 Å². The van der Waals surface area contributed by atoms with E-state index in [0.29, 0.717) is 25.6 Å². The molecule has 3 unspecified atom stereocenters. The summed E-state index contributed by atoms with van der Waals surface area (Å²) in [5.41, 5.74) is 0. The molecular formula is C13H22N2O4.